The zero-order chi connectivity index (χ0) is 15.6. The molecule has 0 fully saturated rings. The van der Waals surface area contributed by atoms with Crippen LogP contribution >= 0.6 is 0 Å². The Morgan fingerprint density at radius 2 is 1.95 bits per heavy atom. The molecule has 21 heavy (non-hydrogen) atoms. The van der Waals surface area contributed by atoms with E-state index in [4.69, 9.17) is 4.74 Å². The Kier molecular flexibility index (Phi) is 3.93. The van der Waals surface area contributed by atoms with Crippen LogP contribution in [0.25, 0.3) is 0 Å². The molecule has 0 unspecified atom stereocenters. The molecule has 0 N–H and O–H groups in total. The van der Waals surface area contributed by atoms with Crippen LogP contribution in [0.4, 0.5) is 17.6 Å². The number of carbonyl (C=O) groups excluding carboxylic acids is 1. The van der Waals surface area contributed by atoms with Gasteiger partial charge in [0.15, 0.2) is 5.78 Å². The van der Waals surface area contributed by atoms with E-state index < -0.39 is 23.3 Å². The lowest BCUT2D eigenvalue weighted by Crippen LogP contribution is -2.11. The van der Waals surface area contributed by atoms with Crippen molar-refractivity contribution in [3.8, 4) is 5.75 Å². The van der Waals surface area contributed by atoms with E-state index in [1.165, 1.54) is 25.6 Å². The maximum Gasteiger partial charge on any atom is 0.419 e. The molecule has 0 spiro atoms. The number of rotatable bonds is 3. The Morgan fingerprint density at radius 1 is 1.24 bits per heavy atom. The number of benzene rings is 1. The first-order chi connectivity index (χ1) is 9.84. The van der Waals surface area contributed by atoms with Crippen LogP contribution in [0.1, 0.15) is 21.5 Å². The van der Waals surface area contributed by atoms with Crippen molar-refractivity contribution in [1.82, 2.24) is 4.98 Å². The third-order valence-electron chi connectivity index (χ3n) is 2.78. The lowest BCUT2D eigenvalue weighted by molar-refractivity contribution is -0.140. The number of nitrogens with zero attached hydrogens (tertiary/aromatic N) is 1. The van der Waals surface area contributed by atoms with Crippen LogP contribution in [-0.2, 0) is 6.18 Å². The summed E-state index contributed by atoms with van der Waals surface area (Å²) in [5.74, 6) is -2.01. The number of ketones is 1. The van der Waals surface area contributed by atoms with E-state index in [1.807, 2.05) is 0 Å². The number of carbonyl (C=O) groups is 1. The first kappa shape index (κ1) is 15.0. The van der Waals surface area contributed by atoms with Crippen molar-refractivity contribution < 1.29 is 27.1 Å². The van der Waals surface area contributed by atoms with Crippen LogP contribution in [0.2, 0.25) is 0 Å². The van der Waals surface area contributed by atoms with Crippen LogP contribution < -0.4 is 4.74 Å². The molecule has 0 aliphatic rings. The fourth-order valence-corrected chi connectivity index (χ4v) is 1.77. The monoisotopic (exact) mass is 299 g/mol. The van der Waals surface area contributed by atoms with Crippen molar-refractivity contribution in [2.75, 3.05) is 7.11 Å². The molecule has 0 amide bonds. The topological polar surface area (TPSA) is 39.2 Å². The molecule has 0 saturated heterocycles. The van der Waals surface area contributed by atoms with Crippen molar-refractivity contribution in [3.63, 3.8) is 0 Å². The van der Waals surface area contributed by atoms with Gasteiger partial charge >= 0.3 is 6.18 Å². The Bertz CT molecular complexity index is 683. The van der Waals surface area contributed by atoms with E-state index in [9.17, 15) is 22.4 Å². The maximum atomic E-state index is 13.2. The first-order valence-corrected chi connectivity index (χ1v) is 5.74. The van der Waals surface area contributed by atoms with Gasteiger partial charge in [0, 0.05) is 11.8 Å². The molecule has 2 aromatic rings. The third-order valence-corrected chi connectivity index (χ3v) is 2.78. The molecular weight excluding hydrogens is 290 g/mol. The highest BCUT2D eigenvalue weighted by Crippen LogP contribution is 2.32. The van der Waals surface area contributed by atoms with Crippen molar-refractivity contribution in [2.24, 2.45) is 0 Å². The zero-order valence-corrected chi connectivity index (χ0v) is 10.7. The van der Waals surface area contributed by atoms with Crippen LogP contribution in [0.3, 0.4) is 0 Å². The Labute approximate surface area is 117 Å². The normalized spacial score (nSPS) is 11.3. The molecule has 3 nitrogen and oxygen atoms in total. The number of hydrogen-bond acceptors (Lipinski definition) is 3. The highest BCUT2D eigenvalue weighted by Gasteiger charge is 2.34. The van der Waals surface area contributed by atoms with Gasteiger partial charge < -0.3 is 4.74 Å². The van der Waals surface area contributed by atoms with Crippen LogP contribution in [0.5, 0.6) is 5.75 Å². The average molecular weight is 299 g/mol. The second kappa shape index (κ2) is 5.51. The summed E-state index contributed by atoms with van der Waals surface area (Å²) in [7, 11) is 1.31. The zero-order valence-electron chi connectivity index (χ0n) is 10.7. The minimum atomic E-state index is -4.87. The Hall–Kier alpha value is -2.44. The minimum absolute atomic E-state index is 0.0484. The second-order valence-corrected chi connectivity index (χ2v) is 4.10. The largest absolute Gasteiger partial charge is 0.494 e. The van der Waals surface area contributed by atoms with Crippen LogP contribution in [-0.4, -0.2) is 17.9 Å². The molecule has 0 saturated carbocycles. The number of pyridine rings is 1. The maximum absolute atomic E-state index is 13.2. The van der Waals surface area contributed by atoms with Gasteiger partial charge in [0.25, 0.3) is 0 Å². The summed E-state index contributed by atoms with van der Waals surface area (Å²) in [6.07, 6.45) is -2.30. The molecule has 0 bridgehead atoms. The summed E-state index contributed by atoms with van der Waals surface area (Å²) in [4.78, 5) is 16.0. The van der Waals surface area contributed by atoms with Crippen molar-refractivity contribution >= 4 is 5.78 Å². The Balaban J connectivity index is 2.50. The molecule has 0 atom stereocenters. The van der Waals surface area contributed by atoms with E-state index in [0.717, 1.165) is 6.07 Å². The quantitative estimate of drug-likeness (QED) is 0.643. The van der Waals surface area contributed by atoms with E-state index in [0.29, 0.717) is 12.1 Å². The Morgan fingerprint density at radius 3 is 2.57 bits per heavy atom. The molecule has 7 heteroatoms. The second-order valence-electron chi connectivity index (χ2n) is 4.10. The van der Waals surface area contributed by atoms with E-state index >= 15 is 0 Å². The van der Waals surface area contributed by atoms with Crippen molar-refractivity contribution in [3.05, 3.63) is 59.2 Å². The SMILES string of the molecule is COc1cnccc1C(=O)c1ccc(F)c(C(F)(F)F)c1. The average Bonchev–Trinajstić information content (AvgIpc) is 2.45. The lowest BCUT2D eigenvalue weighted by atomic mass is 10.0. The van der Waals surface area contributed by atoms with Crippen LogP contribution in [0.15, 0.2) is 36.7 Å². The van der Waals surface area contributed by atoms with Gasteiger partial charge in [0.05, 0.1) is 24.4 Å². The van der Waals surface area contributed by atoms with E-state index in [2.05, 4.69) is 4.98 Å². The fraction of sp³-hybridized carbons (Fsp3) is 0.143. The van der Waals surface area contributed by atoms with Gasteiger partial charge in [-0.1, -0.05) is 0 Å². The van der Waals surface area contributed by atoms with Gasteiger partial charge in [-0.25, -0.2) is 4.39 Å². The molecule has 1 aromatic carbocycles. The van der Waals surface area contributed by atoms with Gasteiger partial charge in [0.1, 0.15) is 11.6 Å². The first-order valence-electron chi connectivity index (χ1n) is 5.74. The van der Waals surface area contributed by atoms with Gasteiger partial charge in [-0.3, -0.25) is 9.78 Å². The molecule has 1 aromatic heterocycles. The molecule has 0 radical (unpaired) electrons. The minimum Gasteiger partial charge on any atom is -0.494 e. The van der Waals surface area contributed by atoms with Gasteiger partial charge in [0.2, 0.25) is 0 Å². The molecule has 2 rings (SSSR count). The summed E-state index contributed by atoms with van der Waals surface area (Å²) < 4.78 is 56.1. The molecule has 110 valence electrons. The van der Waals surface area contributed by atoms with Gasteiger partial charge in [-0.2, -0.15) is 13.2 Å². The number of halogens is 4. The summed E-state index contributed by atoms with van der Waals surface area (Å²) >= 11 is 0. The summed E-state index contributed by atoms with van der Waals surface area (Å²) in [5.41, 5.74) is -1.72. The van der Waals surface area contributed by atoms with E-state index in [-0.39, 0.29) is 16.9 Å². The lowest BCUT2D eigenvalue weighted by Gasteiger charge is -2.11. The number of alkyl halides is 3. The van der Waals surface area contributed by atoms with Gasteiger partial charge in [-0.15, -0.1) is 0 Å². The number of methoxy groups -OCH3 is 1. The predicted molar refractivity (Wildman–Crippen MR) is 65.6 cm³/mol. The standard InChI is InChI=1S/C14H9F4NO2/c1-21-12-7-19-5-4-9(12)13(20)8-2-3-11(15)10(6-8)14(16,17)18/h2-7H,1H3. The fourth-order valence-electron chi connectivity index (χ4n) is 1.77. The third kappa shape index (κ3) is 3.01. The van der Waals surface area contributed by atoms with Crippen molar-refractivity contribution in [1.29, 1.82) is 0 Å². The molecule has 1 heterocycles. The highest BCUT2D eigenvalue weighted by atomic mass is 19.4. The summed E-state index contributed by atoms with van der Waals surface area (Å²) in [6, 6.07) is 3.41. The van der Waals surface area contributed by atoms with E-state index in [1.54, 1.807) is 0 Å². The molecular formula is C14H9F4NO2. The smallest absolute Gasteiger partial charge is 0.419 e. The highest BCUT2D eigenvalue weighted by molar-refractivity contribution is 6.10. The van der Waals surface area contributed by atoms with Gasteiger partial charge in [-0.05, 0) is 24.3 Å². The number of aromatic nitrogens is 1. The number of ether oxygens (including phenoxy) is 1. The molecule has 0 aliphatic heterocycles. The predicted octanol–water partition coefficient (Wildman–Crippen LogP) is 3.48. The number of hydrogen-bond donors (Lipinski definition) is 0. The summed E-state index contributed by atoms with van der Waals surface area (Å²) in [6.45, 7) is 0. The molecule has 0 aliphatic carbocycles. The van der Waals surface area contributed by atoms with Crippen LogP contribution in [0, 0.1) is 5.82 Å². The van der Waals surface area contributed by atoms with Crippen molar-refractivity contribution in [2.45, 2.75) is 6.18 Å². The summed E-state index contributed by atoms with van der Waals surface area (Å²) in [5, 5.41) is 0.